The standard InChI is InChI=1S/C16H19NO/c1-3-11-17(14-7-9-16(18)10-8-14)15-6-4-5-13(2)12-15/h4-10,12,18H,3,11H2,1-2H3. The van der Waals surface area contributed by atoms with Crippen molar-refractivity contribution < 1.29 is 5.11 Å². The summed E-state index contributed by atoms with van der Waals surface area (Å²) >= 11 is 0. The van der Waals surface area contributed by atoms with E-state index in [2.05, 4.69) is 43.0 Å². The molecule has 0 aromatic heterocycles. The van der Waals surface area contributed by atoms with E-state index in [1.807, 2.05) is 12.1 Å². The maximum atomic E-state index is 9.36. The second kappa shape index (κ2) is 5.58. The van der Waals surface area contributed by atoms with E-state index in [4.69, 9.17) is 0 Å². The molecule has 2 aromatic rings. The molecule has 0 aliphatic carbocycles. The van der Waals surface area contributed by atoms with Gasteiger partial charge in [0.1, 0.15) is 5.75 Å². The van der Waals surface area contributed by atoms with Gasteiger partial charge in [0.25, 0.3) is 0 Å². The molecule has 2 rings (SSSR count). The minimum Gasteiger partial charge on any atom is -0.508 e. The van der Waals surface area contributed by atoms with Crippen molar-refractivity contribution in [1.29, 1.82) is 0 Å². The summed E-state index contributed by atoms with van der Waals surface area (Å²) in [6.45, 7) is 5.24. The Labute approximate surface area is 109 Å². The molecule has 2 aromatic carbocycles. The van der Waals surface area contributed by atoms with Crippen LogP contribution in [0.3, 0.4) is 0 Å². The van der Waals surface area contributed by atoms with E-state index < -0.39 is 0 Å². The molecule has 94 valence electrons. The second-order valence-corrected chi connectivity index (χ2v) is 4.51. The number of aromatic hydroxyl groups is 1. The van der Waals surface area contributed by atoms with E-state index in [9.17, 15) is 5.11 Å². The fourth-order valence-corrected chi connectivity index (χ4v) is 2.06. The molecule has 0 aliphatic rings. The highest BCUT2D eigenvalue weighted by Crippen LogP contribution is 2.27. The van der Waals surface area contributed by atoms with Gasteiger partial charge in [0.15, 0.2) is 0 Å². The highest BCUT2D eigenvalue weighted by atomic mass is 16.3. The first-order valence-corrected chi connectivity index (χ1v) is 6.34. The minimum absolute atomic E-state index is 0.305. The van der Waals surface area contributed by atoms with Crippen LogP contribution in [0.1, 0.15) is 18.9 Å². The molecule has 0 saturated heterocycles. The molecule has 0 unspecified atom stereocenters. The summed E-state index contributed by atoms with van der Waals surface area (Å²) in [7, 11) is 0. The van der Waals surface area contributed by atoms with Crippen molar-refractivity contribution in [2.75, 3.05) is 11.4 Å². The summed E-state index contributed by atoms with van der Waals surface area (Å²) < 4.78 is 0. The van der Waals surface area contributed by atoms with Crippen LogP contribution in [0.25, 0.3) is 0 Å². The lowest BCUT2D eigenvalue weighted by molar-refractivity contribution is 0.475. The van der Waals surface area contributed by atoms with E-state index in [1.165, 1.54) is 11.3 Å². The predicted molar refractivity (Wildman–Crippen MR) is 76.6 cm³/mol. The van der Waals surface area contributed by atoms with E-state index in [0.717, 1.165) is 18.7 Å². The van der Waals surface area contributed by atoms with Gasteiger partial charge in [-0.05, 0) is 55.3 Å². The second-order valence-electron chi connectivity index (χ2n) is 4.51. The molecular formula is C16H19NO. The Bertz CT molecular complexity index is 505. The highest BCUT2D eigenvalue weighted by molar-refractivity contribution is 5.64. The summed E-state index contributed by atoms with van der Waals surface area (Å²) in [5, 5.41) is 9.36. The number of rotatable bonds is 4. The van der Waals surface area contributed by atoms with Crippen LogP contribution in [0.5, 0.6) is 5.75 Å². The molecule has 0 amide bonds. The van der Waals surface area contributed by atoms with Crippen molar-refractivity contribution in [2.45, 2.75) is 20.3 Å². The highest BCUT2D eigenvalue weighted by Gasteiger charge is 2.08. The Morgan fingerprint density at radius 1 is 1.00 bits per heavy atom. The van der Waals surface area contributed by atoms with E-state index in [0.29, 0.717) is 5.75 Å². The van der Waals surface area contributed by atoms with Gasteiger partial charge in [0.2, 0.25) is 0 Å². The first kappa shape index (κ1) is 12.5. The number of anilines is 2. The molecule has 0 bridgehead atoms. The molecule has 0 radical (unpaired) electrons. The Morgan fingerprint density at radius 3 is 2.33 bits per heavy atom. The van der Waals surface area contributed by atoms with Crippen LogP contribution in [0.4, 0.5) is 11.4 Å². The number of hydrogen-bond acceptors (Lipinski definition) is 2. The van der Waals surface area contributed by atoms with Gasteiger partial charge in [-0.2, -0.15) is 0 Å². The van der Waals surface area contributed by atoms with E-state index in [1.54, 1.807) is 12.1 Å². The monoisotopic (exact) mass is 241 g/mol. The molecule has 0 fully saturated rings. The maximum absolute atomic E-state index is 9.36. The summed E-state index contributed by atoms with van der Waals surface area (Å²) in [6, 6.07) is 15.8. The zero-order chi connectivity index (χ0) is 13.0. The van der Waals surface area contributed by atoms with Gasteiger partial charge >= 0.3 is 0 Å². The van der Waals surface area contributed by atoms with Crippen LogP contribution >= 0.6 is 0 Å². The lowest BCUT2D eigenvalue weighted by atomic mass is 10.1. The lowest BCUT2D eigenvalue weighted by Gasteiger charge is -2.25. The normalized spacial score (nSPS) is 10.3. The van der Waals surface area contributed by atoms with Gasteiger partial charge in [-0.25, -0.2) is 0 Å². The van der Waals surface area contributed by atoms with Gasteiger partial charge in [-0.3, -0.25) is 0 Å². The molecule has 2 heteroatoms. The Hall–Kier alpha value is -1.96. The molecule has 0 saturated carbocycles. The van der Waals surface area contributed by atoms with Crippen LogP contribution < -0.4 is 4.90 Å². The number of hydrogen-bond donors (Lipinski definition) is 1. The van der Waals surface area contributed by atoms with Gasteiger partial charge in [-0.1, -0.05) is 19.1 Å². The van der Waals surface area contributed by atoms with Crippen molar-refractivity contribution in [2.24, 2.45) is 0 Å². The number of phenols is 1. The Morgan fingerprint density at radius 2 is 1.72 bits per heavy atom. The smallest absolute Gasteiger partial charge is 0.115 e. The Balaban J connectivity index is 2.36. The molecule has 2 nitrogen and oxygen atoms in total. The van der Waals surface area contributed by atoms with Crippen molar-refractivity contribution >= 4 is 11.4 Å². The summed E-state index contributed by atoms with van der Waals surface area (Å²) in [4.78, 5) is 2.27. The van der Waals surface area contributed by atoms with Crippen molar-refractivity contribution in [3.63, 3.8) is 0 Å². The number of benzene rings is 2. The zero-order valence-electron chi connectivity index (χ0n) is 10.9. The van der Waals surface area contributed by atoms with Crippen LogP contribution in [-0.2, 0) is 0 Å². The first-order valence-electron chi connectivity index (χ1n) is 6.34. The largest absolute Gasteiger partial charge is 0.508 e. The Kier molecular flexibility index (Phi) is 3.88. The fraction of sp³-hybridized carbons (Fsp3) is 0.250. The summed E-state index contributed by atoms with van der Waals surface area (Å²) in [6.07, 6.45) is 1.08. The van der Waals surface area contributed by atoms with Crippen LogP contribution in [0.2, 0.25) is 0 Å². The van der Waals surface area contributed by atoms with E-state index >= 15 is 0 Å². The summed E-state index contributed by atoms with van der Waals surface area (Å²) in [5.74, 6) is 0.305. The molecule has 18 heavy (non-hydrogen) atoms. The third-order valence-electron chi connectivity index (χ3n) is 2.92. The number of nitrogens with zero attached hydrogens (tertiary/aromatic N) is 1. The molecule has 0 heterocycles. The van der Waals surface area contributed by atoms with Crippen LogP contribution in [0, 0.1) is 6.92 Å². The van der Waals surface area contributed by atoms with Gasteiger partial charge in [-0.15, -0.1) is 0 Å². The average molecular weight is 241 g/mol. The first-order chi connectivity index (χ1) is 8.70. The fourth-order valence-electron chi connectivity index (χ4n) is 2.06. The van der Waals surface area contributed by atoms with E-state index in [-0.39, 0.29) is 0 Å². The predicted octanol–water partition coefficient (Wildman–Crippen LogP) is 4.25. The molecule has 0 atom stereocenters. The zero-order valence-corrected chi connectivity index (χ0v) is 10.9. The number of aryl methyl sites for hydroxylation is 1. The third kappa shape index (κ3) is 2.83. The lowest BCUT2D eigenvalue weighted by Crippen LogP contribution is -2.17. The SMILES string of the molecule is CCCN(c1ccc(O)cc1)c1cccc(C)c1. The molecule has 0 aliphatic heterocycles. The van der Waals surface area contributed by atoms with Gasteiger partial charge < -0.3 is 10.0 Å². The topological polar surface area (TPSA) is 23.5 Å². The minimum atomic E-state index is 0.305. The van der Waals surface area contributed by atoms with Gasteiger partial charge in [0.05, 0.1) is 0 Å². The molecular weight excluding hydrogens is 222 g/mol. The summed E-state index contributed by atoms with van der Waals surface area (Å²) in [5.41, 5.74) is 3.56. The van der Waals surface area contributed by atoms with Crippen LogP contribution in [0.15, 0.2) is 48.5 Å². The van der Waals surface area contributed by atoms with Crippen LogP contribution in [-0.4, -0.2) is 11.7 Å². The maximum Gasteiger partial charge on any atom is 0.115 e. The molecule has 1 N–H and O–H groups in total. The number of phenolic OH excluding ortho intramolecular Hbond substituents is 1. The van der Waals surface area contributed by atoms with Crippen molar-refractivity contribution in [1.82, 2.24) is 0 Å². The molecule has 0 spiro atoms. The third-order valence-corrected chi connectivity index (χ3v) is 2.92. The quantitative estimate of drug-likeness (QED) is 0.865. The van der Waals surface area contributed by atoms with Crippen molar-refractivity contribution in [3.8, 4) is 5.75 Å². The average Bonchev–Trinajstić information content (AvgIpc) is 2.37. The van der Waals surface area contributed by atoms with Gasteiger partial charge in [0, 0.05) is 17.9 Å². The van der Waals surface area contributed by atoms with Crippen molar-refractivity contribution in [3.05, 3.63) is 54.1 Å².